The first-order valence-electron chi connectivity index (χ1n) is 6.63. The lowest BCUT2D eigenvalue weighted by atomic mass is 9.68. The SMILES string of the molecule is C=C1C(C)(C)[C@@H]2CC[C@@]1(C(=O)N(CC#N)CC#N)C2. The molecule has 2 aliphatic carbocycles. The van der Waals surface area contributed by atoms with Crippen molar-refractivity contribution in [2.24, 2.45) is 16.7 Å². The molecule has 2 rings (SSSR count). The Balaban J connectivity index is 2.31. The van der Waals surface area contributed by atoms with E-state index in [0.29, 0.717) is 5.92 Å². The number of fused-ring (bicyclic) bond motifs is 2. The zero-order chi connectivity index (χ0) is 14.3. The molecule has 1 amide bonds. The van der Waals surface area contributed by atoms with Crippen molar-refractivity contribution in [1.29, 1.82) is 10.5 Å². The van der Waals surface area contributed by atoms with Crippen LogP contribution in [0.15, 0.2) is 12.2 Å². The Kier molecular flexibility index (Phi) is 3.14. The molecule has 0 spiro atoms. The summed E-state index contributed by atoms with van der Waals surface area (Å²) in [6.45, 7) is 8.42. The van der Waals surface area contributed by atoms with Gasteiger partial charge in [0, 0.05) is 0 Å². The van der Waals surface area contributed by atoms with Gasteiger partial charge in [0.2, 0.25) is 5.91 Å². The smallest absolute Gasteiger partial charge is 0.234 e. The summed E-state index contributed by atoms with van der Waals surface area (Å²) >= 11 is 0. The first kappa shape index (κ1) is 13.6. The van der Waals surface area contributed by atoms with E-state index in [9.17, 15) is 4.79 Å². The molecule has 4 heteroatoms. The molecule has 0 heterocycles. The highest BCUT2D eigenvalue weighted by Crippen LogP contribution is 2.65. The van der Waals surface area contributed by atoms with Crippen LogP contribution in [0.3, 0.4) is 0 Å². The fraction of sp³-hybridized carbons (Fsp3) is 0.667. The summed E-state index contributed by atoms with van der Waals surface area (Å²) in [6.07, 6.45) is 2.67. The van der Waals surface area contributed by atoms with Crippen molar-refractivity contribution >= 4 is 5.91 Å². The first-order chi connectivity index (χ1) is 8.90. The van der Waals surface area contributed by atoms with Gasteiger partial charge in [0.25, 0.3) is 0 Å². The number of nitriles is 2. The molecule has 0 aromatic heterocycles. The Morgan fingerprint density at radius 1 is 1.42 bits per heavy atom. The number of carbonyl (C=O) groups excluding carboxylic acids is 1. The second-order valence-electron chi connectivity index (χ2n) is 6.20. The maximum absolute atomic E-state index is 12.8. The van der Waals surface area contributed by atoms with Crippen LogP contribution in [0.1, 0.15) is 33.1 Å². The highest BCUT2D eigenvalue weighted by atomic mass is 16.2. The molecule has 0 aromatic rings. The quantitative estimate of drug-likeness (QED) is 0.575. The Bertz CT molecular complexity index is 492. The molecule has 100 valence electrons. The van der Waals surface area contributed by atoms with Gasteiger partial charge in [-0.05, 0) is 30.6 Å². The zero-order valence-corrected chi connectivity index (χ0v) is 11.6. The number of nitrogens with zero attached hydrogens (tertiary/aromatic N) is 3. The molecule has 0 saturated heterocycles. The number of carbonyl (C=O) groups is 1. The minimum Gasteiger partial charge on any atom is -0.315 e. The van der Waals surface area contributed by atoms with Crippen molar-refractivity contribution in [2.75, 3.05) is 13.1 Å². The summed E-state index contributed by atoms with van der Waals surface area (Å²) in [5.41, 5.74) is 0.447. The Hall–Kier alpha value is -1.81. The molecule has 19 heavy (non-hydrogen) atoms. The first-order valence-corrected chi connectivity index (χ1v) is 6.63. The van der Waals surface area contributed by atoms with Crippen LogP contribution in [0.25, 0.3) is 0 Å². The van der Waals surface area contributed by atoms with Crippen molar-refractivity contribution in [1.82, 2.24) is 4.90 Å². The van der Waals surface area contributed by atoms with Gasteiger partial charge in [-0.2, -0.15) is 10.5 Å². The van der Waals surface area contributed by atoms with Gasteiger partial charge in [-0.25, -0.2) is 0 Å². The average molecular weight is 257 g/mol. The predicted molar refractivity (Wildman–Crippen MR) is 70.5 cm³/mol. The van der Waals surface area contributed by atoms with Gasteiger partial charge >= 0.3 is 0 Å². The van der Waals surface area contributed by atoms with E-state index in [1.807, 2.05) is 12.1 Å². The standard InChI is InChI=1S/C15H19N3O/c1-11-14(2,3)12-4-5-15(11,10-12)13(19)18(8-6-16)9-7-17/h12H,1,4-5,8-10H2,2-3H3/t12-,15-/m1/s1. The van der Waals surface area contributed by atoms with Crippen molar-refractivity contribution < 1.29 is 4.79 Å². The summed E-state index contributed by atoms with van der Waals surface area (Å²) in [5.74, 6) is 0.420. The van der Waals surface area contributed by atoms with Crippen LogP contribution in [-0.4, -0.2) is 23.9 Å². The summed E-state index contributed by atoms with van der Waals surface area (Å²) in [5, 5.41) is 17.6. The Morgan fingerprint density at radius 3 is 2.42 bits per heavy atom. The third-order valence-electron chi connectivity index (χ3n) is 5.11. The number of hydrogen-bond donors (Lipinski definition) is 0. The van der Waals surface area contributed by atoms with E-state index in [1.54, 1.807) is 0 Å². The van der Waals surface area contributed by atoms with Crippen LogP contribution in [-0.2, 0) is 4.79 Å². The van der Waals surface area contributed by atoms with E-state index < -0.39 is 5.41 Å². The molecule has 2 atom stereocenters. The van der Waals surface area contributed by atoms with Crippen LogP contribution in [0.2, 0.25) is 0 Å². The summed E-state index contributed by atoms with van der Waals surface area (Å²) in [4.78, 5) is 14.1. The average Bonchev–Trinajstić information content (AvgIpc) is 2.89. The van der Waals surface area contributed by atoms with Gasteiger partial charge in [0.1, 0.15) is 13.1 Å². The minimum atomic E-state index is -0.526. The topological polar surface area (TPSA) is 67.9 Å². The van der Waals surface area contributed by atoms with E-state index >= 15 is 0 Å². The molecule has 0 aromatic carbocycles. The lowest BCUT2D eigenvalue weighted by molar-refractivity contribution is -0.138. The highest BCUT2D eigenvalue weighted by Gasteiger charge is 2.61. The van der Waals surface area contributed by atoms with E-state index in [-0.39, 0.29) is 24.4 Å². The highest BCUT2D eigenvalue weighted by molar-refractivity contribution is 5.88. The summed E-state index contributed by atoms with van der Waals surface area (Å²) < 4.78 is 0. The predicted octanol–water partition coefficient (Wildman–Crippen LogP) is 2.24. The monoisotopic (exact) mass is 257 g/mol. The zero-order valence-electron chi connectivity index (χ0n) is 11.6. The van der Waals surface area contributed by atoms with Crippen molar-refractivity contribution in [2.45, 2.75) is 33.1 Å². The molecule has 0 aliphatic heterocycles. The van der Waals surface area contributed by atoms with Crippen LogP contribution in [0.5, 0.6) is 0 Å². The van der Waals surface area contributed by atoms with Gasteiger partial charge in [0.05, 0.1) is 17.6 Å². The van der Waals surface area contributed by atoms with E-state index in [0.717, 1.165) is 24.8 Å². The Labute approximate surface area is 114 Å². The molecule has 0 unspecified atom stereocenters. The van der Waals surface area contributed by atoms with Crippen LogP contribution in [0.4, 0.5) is 0 Å². The second kappa shape index (κ2) is 4.38. The third-order valence-corrected chi connectivity index (χ3v) is 5.11. The van der Waals surface area contributed by atoms with Crippen LogP contribution >= 0.6 is 0 Å². The molecule has 2 fully saturated rings. The molecular weight excluding hydrogens is 238 g/mol. The van der Waals surface area contributed by atoms with Crippen molar-refractivity contribution in [3.05, 3.63) is 12.2 Å². The molecule has 0 N–H and O–H groups in total. The molecule has 2 saturated carbocycles. The number of amides is 1. The largest absolute Gasteiger partial charge is 0.315 e. The maximum Gasteiger partial charge on any atom is 0.234 e. The molecule has 2 bridgehead atoms. The van der Waals surface area contributed by atoms with E-state index in [2.05, 4.69) is 20.4 Å². The van der Waals surface area contributed by atoms with Gasteiger partial charge in [-0.15, -0.1) is 0 Å². The van der Waals surface area contributed by atoms with Gasteiger partial charge in [0.15, 0.2) is 0 Å². The van der Waals surface area contributed by atoms with Crippen molar-refractivity contribution in [3.63, 3.8) is 0 Å². The van der Waals surface area contributed by atoms with Gasteiger partial charge in [-0.3, -0.25) is 4.79 Å². The lowest BCUT2D eigenvalue weighted by Gasteiger charge is -2.38. The Morgan fingerprint density at radius 2 is 2.00 bits per heavy atom. The van der Waals surface area contributed by atoms with Gasteiger partial charge < -0.3 is 4.90 Å². The fourth-order valence-electron chi connectivity index (χ4n) is 3.79. The molecule has 4 nitrogen and oxygen atoms in total. The van der Waals surface area contributed by atoms with E-state index in [1.165, 1.54) is 4.90 Å². The molecule has 0 radical (unpaired) electrons. The van der Waals surface area contributed by atoms with Crippen LogP contribution < -0.4 is 0 Å². The summed E-state index contributed by atoms with van der Waals surface area (Å²) in [6, 6.07) is 3.94. The van der Waals surface area contributed by atoms with E-state index in [4.69, 9.17) is 10.5 Å². The third kappa shape index (κ3) is 1.75. The lowest BCUT2D eigenvalue weighted by Crippen LogP contribution is -2.44. The normalized spacial score (nSPS) is 30.7. The molecule has 2 aliphatic rings. The number of hydrogen-bond acceptors (Lipinski definition) is 3. The van der Waals surface area contributed by atoms with Gasteiger partial charge in [-0.1, -0.05) is 26.0 Å². The fourth-order valence-corrected chi connectivity index (χ4v) is 3.79. The maximum atomic E-state index is 12.8. The van der Waals surface area contributed by atoms with Crippen molar-refractivity contribution in [3.8, 4) is 12.1 Å². The molecular formula is C15H19N3O. The van der Waals surface area contributed by atoms with Crippen LogP contribution in [0, 0.1) is 39.4 Å². The summed E-state index contributed by atoms with van der Waals surface area (Å²) in [7, 11) is 0. The minimum absolute atomic E-state index is 0.0150. The second-order valence-corrected chi connectivity index (χ2v) is 6.20. The number of rotatable bonds is 3.